The highest BCUT2D eigenvalue weighted by Crippen LogP contribution is 2.31. The molecular formula is C13H21ClN4. The third kappa shape index (κ3) is 3.27. The first-order chi connectivity index (χ1) is 8.48. The maximum atomic E-state index is 5.88. The van der Waals surface area contributed by atoms with Gasteiger partial charge in [-0.15, -0.1) is 0 Å². The molecule has 1 aromatic rings. The topological polar surface area (TPSA) is 54.2 Å². The van der Waals surface area contributed by atoms with E-state index < -0.39 is 0 Å². The second-order valence-corrected chi connectivity index (χ2v) is 5.93. The number of rotatable bonds is 3. The lowest BCUT2D eigenvalue weighted by Gasteiger charge is -2.38. The molecule has 18 heavy (non-hydrogen) atoms. The summed E-state index contributed by atoms with van der Waals surface area (Å²) < 4.78 is 0. The number of halogens is 1. The van der Waals surface area contributed by atoms with Crippen molar-refractivity contribution in [2.24, 2.45) is 5.41 Å². The highest BCUT2D eigenvalue weighted by molar-refractivity contribution is 6.29. The third-order valence-corrected chi connectivity index (χ3v) is 3.98. The molecule has 1 aliphatic heterocycles. The Bertz CT molecular complexity index is 413. The minimum Gasteiger partial charge on any atom is -0.396 e. The Morgan fingerprint density at radius 1 is 1.44 bits per heavy atom. The highest BCUT2D eigenvalue weighted by atomic mass is 35.5. The number of hydrogen-bond acceptors (Lipinski definition) is 4. The van der Waals surface area contributed by atoms with E-state index in [1.165, 1.54) is 12.8 Å². The number of nitrogens with zero attached hydrogens (tertiary/aromatic N) is 2. The molecule has 0 atom stereocenters. The molecule has 1 aromatic heterocycles. The van der Waals surface area contributed by atoms with Crippen LogP contribution in [-0.4, -0.2) is 36.6 Å². The van der Waals surface area contributed by atoms with Crippen LogP contribution in [0.5, 0.6) is 0 Å². The van der Waals surface area contributed by atoms with E-state index in [4.69, 9.17) is 17.3 Å². The Kier molecular flexibility index (Phi) is 3.97. The van der Waals surface area contributed by atoms with Crippen molar-refractivity contribution in [2.45, 2.75) is 19.8 Å². The molecule has 0 aliphatic carbocycles. The number of piperidine rings is 1. The van der Waals surface area contributed by atoms with Crippen molar-refractivity contribution in [3.63, 3.8) is 0 Å². The molecule has 5 heteroatoms. The Morgan fingerprint density at radius 2 is 2.11 bits per heavy atom. The molecule has 0 unspecified atom stereocenters. The van der Waals surface area contributed by atoms with E-state index in [9.17, 15) is 0 Å². The molecule has 1 saturated heterocycles. The molecule has 3 N–H and O–H groups in total. The lowest BCUT2D eigenvalue weighted by Crippen LogP contribution is -2.40. The predicted molar refractivity (Wildman–Crippen MR) is 77.0 cm³/mol. The fourth-order valence-electron chi connectivity index (χ4n) is 2.22. The highest BCUT2D eigenvalue weighted by Gasteiger charge is 2.28. The van der Waals surface area contributed by atoms with Crippen LogP contribution in [-0.2, 0) is 0 Å². The first-order valence-corrected chi connectivity index (χ1v) is 6.71. The van der Waals surface area contributed by atoms with Crippen LogP contribution in [0.4, 0.5) is 11.5 Å². The zero-order valence-electron chi connectivity index (χ0n) is 11.0. The number of hydrogen-bond donors (Lipinski definition) is 2. The molecule has 2 heterocycles. The summed E-state index contributed by atoms with van der Waals surface area (Å²) in [4.78, 5) is 6.59. The minimum atomic E-state index is 0.308. The zero-order chi connectivity index (χ0) is 13.2. The summed E-state index contributed by atoms with van der Waals surface area (Å²) in [6.07, 6.45) is 2.38. The van der Waals surface area contributed by atoms with Gasteiger partial charge in [0.1, 0.15) is 5.15 Å². The summed E-state index contributed by atoms with van der Waals surface area (Å²) in [6, 6.07) is 3.49. The number of nitrogens with two attached hydrogens (primary N) is 1. The normalized spacial score (nSPS) is 19.7. The van der Waals surface area contributed by atoms with Crippen LogP contribution in [0.2, 0.25) is 5.15 Å². The van der Waals surface area contributed by atoms with Gasteiger partial charge in [-0.05, 0) is 50.5 Å². The molecule has 0 saturated carbocycles. The number of aromatic nitrogens is 1. The summed E-state index contributed by atoms with van der Waals surface area (Å²) >= 11 is 5.88. The lowest BCUT2D eigenvalue weighted by molar-refractivity contribution is 0.150. The SMILES string of the molecule is CN1CCC(C)(CNc2nc(Cl)ccc2N)CC1. The number of pyridine rings is 1. The summed E-state index contributed by atoms with van der Waals surface area (Å²) in [5, 5.41) is 3.81. The van der Waals surface area contributed by atoms with Gasteiger partial charge < -0.3 is 16.0 Å². The van der Waals surface area contributed by atoms with E-state index >= 15 is 0 Å². The van der Waals surface area contributed by atoms with Crippen molar-refractivity contribution in [1.82, 2.24) is 9.88 Å². The van der Waals surface area contributed by atoms with E-state index in [2.05, 4.69) is 29.2 Å². The fraction of sp³-hybridized carbons (Fsp3) is 0.615. The van der Waals surface area contributed by atoms with Crippen molar-refractivity contribution >= 4 is 23.1 Å². The molecule has 0 aromatic carbocycles. The van der Waals surface area contributed by atoms with Gasteiger partial charge in [-0.2, -0.15) is 0 Å². The van der Waals surface area contributed by atoms with Crippen molar-refractivity contribution in [1.29, 1.82) is 0 Å². The van der Waals surface area contributed by atoms with Crippen LogP contribution >= 0.6 is 11.6 Å². The Morgan fingerprint density at radius 3 is 2.78 bits per heavy atom. The number of likely N-dealkylation sites (tertiary alicyclic amines) is 1. The van der Waals surface area contributed by atoms with E-state index in [-0.39, 0.29) is 0 Å². The van der Waals surface area contributed by atoms with E-state index in [1.54, 1.807) is 12.1 Å². The quantitative estimate of drug-likeness (QED) is 0.827. The Labute approximate surface area is 114 Å². The van der Waals surface area contributed by atoms with Crippen molar-refractivity contribution in [3.05, 3.63) is 17.3 Å². The first-order valence-electron chi connectivity index (χ1n) is 6.33. The molecule has 4 nitrogen and oxygen atoms in total. The maximum absolute atomic E-state index is 5.88. The van der Waals surface area contributed by atoms with Gasteiger partial charge in [0.05, 0.1) is 5.69 Å². The van der Waals surface area contributed by atoms with E-state index in [0.29, 0.717) is 22.1 Å². The largest absolute Gasteiger partial charge is 0.396 e. The van der Waals surface area contributed by atoms with Crippen molar-refractivity contribution in [3.8, 4) is 0 Å². The van der Waals surface area contributed by atoms with E-state index in [1.807, 2.05) is 0 Å². The fourth-order valence-corrected chi connectivity index (χ4v) is 2.37. The van der Waals surface area contributed by atoms with Gasteiger partial charge in [-0.1, -0.05) is 18.5 Å². The average Bonchev–Trinajstić information content (AvgIpc) is 2.35. The molecule has 1 aliphatic rings. The summed E-state index contributed by atoms with van der Waals surface area (Å²) in [5.41, 5.74) is 6.84. The van der Waals surface area contributed by atoms with Gasteiger partial charge >= 0.3 is 0 Å². The Hall–Kier alpha value is -1.00. The van der Waals surface area contributed by atoms with Crippen LogP contribution in [0.25, 0.3) is 0 Å². The number of anilines is 2. The lowest BCUT2D eigenvalue weighted by atomic mass is 9.80. The van der Waals surface area contributed by atoms with Gasteiger partial charge in [-0.3, -0.25) is 0 Å². The van der Waals surface area contributed by atoms with Crippen LogP contribution in [0, 0.1) is 5.41 Å². The van der Waals surface area contributed by atoms with Gasteiger partial charge in [0.15, 0.2) is 5.82 Å². The van der Waals surface area contributed by atoms with Crippen LogP contribution in [0.15, 0.2) is 12.1 Å². The predicted octanol–water partition coefficient (Wildman–Crippen LogP) is 2.46. The standard InChI is InChI=1S/C13H21ClN4/c1-13(5-7-18(2)8-6-13)9-16-12-10(15)3-4-11(14)17-12/h3-4H,5-9,15H2,1-2H3,(H,16,17). The molecule has 1 fully saturated rings. The Balaban J connectivity index is 1.96. The van der Waals surface area contributed by atoms with E-state index in [0.717, 1.165) is 19.6 Å². The summed E-state index contributed by atoms with van der Waals surface area (Å²) in [7, 11) is 2.17. The molecule has 0 spiro atoms. The monoisotopic (exact) mass is 268 g/mol. The third-order valence-electron chi connectivity index (χ3n) is 3.77. The van der Waals surface area contributed by atoms with Gasteiger partial charge in [-0.25, -0.2) is 4.98 Å². The van der Waals surface area contributed by atoms with Crippen LogP contribution < -0.4 is 11.1 Å². The van der Waals surface area contributed by atoms with Gasteiger partial charge in [0.25, 0.3) is 0 Å². The molecule has 100 valence electrons. The first kappa shape index (κ1) is 13.4. The number of nitrogen functional groups attached to an aromatic ring is 1. The molecule has 0 radical (unpaired) electrons. The van der Waals surface area contributed by atoms with Gasteiger partial charge in [0, 0.05) is 6.54 Å². The van der Waals surface area contributed by atoms with Crippen LogP contribution in [0.3, 0.4) is 0 Å². The van der Waals surface area contributed by atoms with Crippen LogP contribution in [0.1, 0.15) is 19.8 Å². The minimum absolute atomic E-state index is 0.308. The second kappa shape index (κ2) is 5.33. The zero-order valence-corrected chi connectivity index (χ0v) is 11.8. The molecular weight excluding hydrogens is 248 g/mol. The second-order valence-electron chi connectivity index (χ2n) is 5.54. The molecule has 2 rings (SSSR count). The number of nitrogens with one attached hydrogen (secondary N) is 1. The van der Waals surface area contributed by atoms with Crippen molar-refractivity contribution < 1.29 is 0 Å². The van der Waals surface area contributed by atoms with Gasteiger partial charge in [0.2, 0.25) is 0 Å². The molecule has 0 bridgehead atoms. The summed E-state index contributed by atoms with van der Waals surface area (Å²) in [6.45, 7) is 5.50. The van der Waals surface area contributed by atoms with Crippen molar-refractivity contribution in [2.75, 3.05) is 37.7 Å². The molecule has 0 amide bonds. The smallest absolute Gasteiger partial charge is 0.150 e. The maximum Gasteiger partial charge on any atom is 0.150 e. The average molecular weight is 269 g/mol. The summed E-state index contributed by atoms with van der Waals surface area (Å²) in [5.74, 6) is 0.697.